The van der Waals surface area contributed by atoms with Crippen LogP contribution < -0.4 is 0 Å². The molecule has 4 nitrogen and oxygen atoms in total. The molecule has 0 saturated carbocycles. The van der Waals surface area contributed by atoms with Crippen LogP contribution in [0.25, 0.3) is 0 Å². The standard InChI is InChI=1S/CH5O4PS.K.H/c1-7-5-6(2,3)4;;/h1H3,(H2,2,3,4);;. The zero-order valence-electron chi connectivity index (χ0n) is 3.57. The van der Waals surface area contributed by atoms with Crippen molar-refractivity contribution in [2.24, 2.45) is 0 Å². The summed E-state index contributed by atoms with van der Waals surface area (Å²) >= 11 is 0.645. The van der Waals surface area contributed by atoms with Crippen molar-refractivity contribution >= 4 is 71.2 Å². The van der Waals surface area contributed by atoms with Crippen molar-refractivity contribution < 1.29 is 18.3 Å². The molecule has 0 aliphatic carbocycles. The summed E-state index contributed by atoms with van der Waals surface area (Å²) in [6.07, 6.45) is 1.43. The second-order valence-corrected chi connectivity index (χ2v) is 2.64. The monoisotopic (exact) mass is 184 g/mol. The van der Waals surface area contributed by atoms with Gasteiger partial charge in [0.1, 0.15) is 0 Å². The van der Waals surface area contributed by atoms with Crippen molar-refractivity contribution in [3.05, 3.63) is 0 Å². The van der Waals surface area contributed by atoms with Crippen LogP contribution in [0.2, 0.25) is 0 Å². The van der Waals surface area contributed by atoms with Gasteiger partial charge >= 0.3 is 59.2 Å². The Hall–Kier alpha value is 2.10. The predicted octanol–water partition coefficient (Wildman–Crippen LogP) is -0.275. The van der Waals surface area contributed by atoms with E-state index in [1.165, 1.54) is 6.26 Å². The van der Waals surface area contributed by atoms with Gasteiger partial charge in [-0.25, -0.2) is 8.54 Å². The van der Waals surface area contributed by atoms with Gasteiger partial charge in [0.05, 0.1) is 0 Å². The Morgan fingerprint density at radius 1 is 1.62 bits per heavy atom. The number of hydrogen-bond acceptors (Lipinski definition) is 3. The molecule has 46 valence electrons. The summed E-state index contributed by atoms with van der Waals surface area (Å²) < 4.78 is 13.5. The van der Waals surface area contributed by atoms with Gasteiger partial charge in [-0.1, -0.05) is 0 Å². The molecule has 0 aliphatic heterocycles. The summed E-state index contributed by atoms with van der Waals surface area (Å²) in [4.78, 5) is 15.8. The van der Waals surface area contributed by atoms with Crippen LogP contribution >= 0.6 is 19.9 Å². The third-order valence-corrected chi connectivity index (χ3v) is 1.54. The van der Waals surface area contributed by atoms with E-state index < -0.39 is 7.82 Å². The molecule has 0 atom stereocenters. The molecular weight excluding hydrogens is 178 g/mol. The summed E-state index contributed by atoms with van der Waals surface area (Å²) in [5, 5.41) is 0. The molecule has 2 N–H and O–H groups in total. The third-order valence-electron chi connectivity index (χ3n) is 0.172. The molecule has 0 aromatic carbocycles. The third kappa shape index (κ3) is 11.0. The summed E-state index contributed by atoms with van der Waals surface area (Å²) in [5.74, 6) is 0. The summed E-state index contributed by atoms with van der Waals surface area (Å²) in [5.41, 5.74) is 0. The van der Waals surface area contributed by atoms with Gasteiger partial charge in [-0.15, -0.1) is 0 Å². The van der Waals surface area contributed by atoms with Crippen molar-refractivity contribution in [2.45, 2.75) is 0 Å². The number of hydrogen-bond donors (Lipinski definition) is 2. The Morgan fingerprint density at radius 3 is 2.00 bits per heavy atom. The van der Waals surface area contributed by atoms with Crippen molar-refractivity contribution in [1.82, 2.24) is 0 Å². The Kier molecular flexibility index (Phi) is 9.32. The molecule has 0 rings (SSSR count). The number of rotatable bonds is 2. The van der Waals surface area contributed by atoms with Crippen molar-refractivity contribution in [3.8, 4) is 0 Å². The van der Waals surface area contributed by atoms with Gasteiger partial charge in [0.2, 0.25) is 0 Å². The first-order valence-electron chi connectivity index (χ1n) is 1.34. The molecule has 0 fully saturated rings. The van der Waals surface area contributed by atoms with E-state index in [0.717, 1.165) is 0 Å². The molecule has 0 aliphatic rings. The minimum absolute atomic E-state index is 0. The van der Waals surface area contributed by atoms with Gasteiger partial charge < -0.3 is 9.79 Å². The van der Waals surface area contributed by atoms with E-state index in [1.807, 2.05) is 0 Å². The fourth-order valence-electron chi connectivity index (χ4n) is 0.0971. The Bertz CT molecular complexity index is 90.0. The molecule has 0 heterocycles. The van der Waals surface area contributed by atoms with E-state index >= 15 is 0 Å². The summed E-state index contributed by atoms with van der Waals surface area (Å²) in [7, 11) is -4.20. The quantitative estimate of drug-likeness (QED) is 0.351. The molecule has 0 unspecified atom stereocenters. The molecule has 0 aromatic heterocycles. The van der Waals surface area contributed by atoms with Crippen LogP contribution in [0.3, 0.4) is 0 Å². The first kappa shape index (κ1) is 12.7. The summed E-state index contributed by atoms with van der Waals surface area (Å²) in [6.45, 7) is 0. The first-order valence-corrected chi connectivity index (χ1v) is 4.02. The fraction of sp³-hybridized carbons (Fsp3) is 1.00. The van der Waals surface area contributed by atoms with Crippen LogP contribution in [-0.4, -0.2) is 67.4 Å². The van der Waals surface area contributed by atoms with E-state index in [-0.39, 0.29) is 51.4 Å². The van der Waals surface area contributed by atoms with Crippen LogP contribution in [0.4, 0.5) is 0 Å². The molecule has 0 radical (unpaired) electrons. The van der Waals surface area contributed by atoms with Crippen LogP contribution in [0.15, 0.2) is 0 Å². The van der Waals surface area contributed by atoms with Crippen LogP contribution in [0, 0.1) is 0 Å². The zero-order valence-corrected chi connectivity index (χ0v) is 5.28. The molecule has 0 bridgehead atoms. The van der Waals surface area contributed by atoms with E-state index in [0.29, 0.717) is 12.0 Å². The van der Waals surface area contributed by atoms with Crippen LogP contribution in [0.5, 0.6) is 0 Å². The molecular formula is CH6KO4PS. The molecule has 7 heteroatoms. The predicted molar refractivity (Wildman–Crippen MR) is 33.8 cm³/mol. The van der Waals surface area contributed by atoms with Crippen molar-refractivity contribution in [1.29, 1.82) is 0 Å². The van der Waals surface area contributed by atoms with Gasteiger partial charge in [0.25, 0.3) is 0 Å². The SMILES string of the molecule is CSOP(=O)(O)O.[KH]. The van der Waals surface area contributed by atoms with Gasteiger partial charge in [-0.05, 0) is 0 Å². The second-order valence-electron chi connectivity index (χ2n) is 0.732. The normalized spacial score (nSPS) is 10.4. The second kappa shape index (κ2) is 5.85. The minimum atomic E-state index is -4.20. The Balaban J connectivity index is 0. The molecule has 0 amide bonds. The fourth-order valence-corrected chi connectivity index (χ4v) is 0.874. The Morgan fingerprint density at radius 2 is 2.00 bits per heavy atom. The molecule has 0 spiro atoms. The first-order chi connectivity index (χ1) is 3.06. The van der Waals surface area contributed by atoms with Crippen LogP contribution in [0.1, 0.15) is 0 Å². The van der Waals surface area contributed by atoms with E-state index in [2.05, 4.69) is 3.97 Å². The molecule has 0 saturated heterocycles. The van der Waals surface area contributed by atoms with E-state index in [9.17, 15) is 4.57 Å². The average molecular weight is 184 g/mol. The van der Waals surface area contributed by atoms with E-state index in [1.54, 1.807) is 0 Å². The summed E-state index contributed by atoms with van der Waals surface area (Å²) in [6, 6.07) is 0. The zero-order chi connectivity index (χ0) is 5.91. The maximum absolute atomic E-state index is 9.68. The van der Waals surface area contributed by atoms with Gasteiger partial charge in [-0.2, -0.15) is 0 Å². The van der Waals surface area contributed by atoms with Crippen molar-refractivity contribution in [3.63, 3.8) is 0 Å². The van der Waals surface area contributed by atoms with Gasteiger partial charge in [-0.3, -0.25) is 0 Å². The average Bonchev–Trinajstić information content (AvgIpc) is 1.30. The van der Waals surface area contributed by atoms with Crippen molar-refractivity contribution in [2.75, 3.05) is 6.26 Å². The maximum atomic E-state index is 9.68. The van der Waals surface area contributed by atoms with E-state index in [4.69, 9.17) is 9.79 Å². The topological polar surface area (TPSA) is 66.8 Å². The molecule has 8 heavy (non-hydrogen) atoms. The number of phosphoric acid groups is 1. The Labute approximate surface area is 94.2 Å². The van der Waals surface area contributed by atoms with Gasteiger partial charge in [0, 0.05) is 18.3 Å². The molecule has 0 aromatic rings. The van der Waals surface area contributed by atoms with Gasteiger partial charge in [0.15, 0.2) is 0 Å². The van der Waals surface area contributed by atoms with Crippen LogP contribution in [-0.2, 0) is 8.54 Å².